The van der Waals surface area contributed by atoms with E-state index in [1.54, 1.807) is 0 Å². The van der Waals surface area contributed by atoms with Gasteiger partial charge in [-0.3, -0.25) is 9.59 Å². The third-order valence-corrected chi connectivity index (χ3v) is 2.94. The van der Waals surface area contributed by atoms with E-state index in [1.165, 1.54) is 6.92 Å². The maximum atomic E-state index is 11.7. The maximum Gasteiger partial charge on any atom is 0.225 e. The number of carbonyl (C=O) groups is 2. The fourth-order valence-corrected chi connectivity index (χ4v) is 2.01. The van der Waals surface area contributed by atoms with Crippen LogP contribution in [0.1, 0.15) is 31.7 Å². The zero-order valence-electron chi connectivity index (χ0n) is 10.3. The van der Waals surface area contributed by atoms with E-state index in [2.05, 4.69) is 11.8 Å². The Morgan fingerprint density at radius 2 is 1.78 bits per heavy atom. The number of hydrogen-bond acceptors (Lipinski definition) is 2. The number of carbonyl (C=O) groups excluding carboxylic acids is 2. The molecule has 2 nitrogen and oxygen atoms in total. The fourth-order valence-electron chi connectivity index (χ4n) is 2.01. The highest BCUT2D eigenvalue weighted by molar-refractivity contribution is 6.43. The van der Waals surface area contributed by atoms with Crippen LogP contribution in [0.15, 0.2) is 41.5 Å². The van der Waals surface area contributed by atoms with Crippen LogP contribution in [0.2, 0.25) is 0 Å². The van der Waals surface area contributed by atoms with Gasteiger partial charge in [0.2, 0.25) is 5.78 Å². The normalized spacial score (nSPS) is 14.1. The average molecular weight is 238 g/mol. The third kappa shape index (κ3) is 2.75. The molecule has 0 radical (unpaired) electrons. The van der Waals surface area contributed by atoms with Crippen molar-refractivity contribution in [3.05, 3.63) is 47.0 Å². The highest BCUT2D eigenvalue weighted by Gasteiger charge is 2.22. The Morgan fingerprint density at radius 3 is 2.44 bits per heavy atom. The lowest BCUT2D eigenvalue weighted by Gasteiger charge is -1.97. The molecule has 0 spiro atoms. The van der Waals surface area contributed by atoms with Gasteiger partial charge in [-0.1, -0.05) is 30.0 Å². The zero-order valence-corrected chi connectivity index (χ0v) is 10.3. The van der Waals surface area contributed by atoms with Crippen molar-refractivity contribution < 1.29 is 9.59 Å². The highest BCUT2D eigenvalue weighted by atomic mass is 16.2. The first-order valence-corrected chi connectivity index (χ1v) is 6.03. The van der Waals surface area contributed by atoms with Gasteiger partial charge in [-0.05, 0) is 31.4 Å². The number of rotatable bonds is 2. The van der Waals surface area contributed by atoms with Gasteiger partial charge >= 0.3 is 0 Å². The molecule has 0 atom stereocenters. The summed E-state index contributed by atoms with van der Waals surface area (Å²) in [7, 11) is 0. The lowest BCUT2D eigenvalue weighted by atomic mass is 10.0. The van der Waals surface area contributed by atoms with Crippen molar-refractivity contribution >= 4 is 11.6 Å². The van der Waals surface area contributed by atoms with Gasteiger partial charge in [0.25, 0.3) is 0 Å². The van der Waals surface area contributed by atoms with E-state index in [0.29, 0.717) is 12.0 Å². The molecule has 0 amide bonds. The van der Waals surface area contributed by atoms with Crippen LogP contribution < -0.4 is 0 Å². The van der Waals surface area contributed by atoms with Gasteiger partial charge in [-0.25, -0.2) is 0 Å². The first-order chi connectivity index (χ1) is 8.68. The van der Waals surface area contributed by atoms with Crippen molar-refractivity contribution in [1.29, 1.82) is 0 Å². The van der Waals surface area contributed by atoms with Crippen molar-refractivity contribution in [3.8, 4) is 11.8 Å². The first kappa shape index (κ1) is 12.3. The summed E-state index contributed by atoms with van der Waals surface area (Å²) in [5, 5.41) is 0. The van der Waals surface area contributed by atoms with Gasteiger partial charge in [-0.2, -0.15) is 0 Å². The highest BCUT2D eigenvalue weighted by Crippen LogP contribution is 2.26. The summed E-state index contributed by atoms with van der Waals surface area (Å²) in [6.45, 7) is 1.32. The second kappa shape index (κ2) is 5.46. The smallest absolute Gasteiger partial charge is 0.225 e. The van der Waals surface area contributed by atoms with E-state index >= 15 is 0 Å². The maximum absolute atomic E-state index is 11.7. The standard InChI is InChI=1S/C16H14O2/c1-12(17)16(18)15-9-5-8-14(15)11-10-13-6-3-2-4-7-13/h2-4,6-7H,5,8-9H2,1H3. The number of ketones is 2. The molecule has 0 fully saturated rings. The van der Waals surface area contributed by atoms with Gasteiger partial charge in [0.1, 0.15) is 0 Å². The monoisotopic (exact) mass is 238 g/mol. The molecule has 0 bridgehead atoms. The molecule has 1 aromatic rings. The Bertz CT molecular complexity index is 568. The molecule has 1 aliphatic carbocycles. The van der Waals surface area contributed by atoms with Crippen molar-refractivity contribution in [2.24, 2.45) is 0 Å². The average Bonchev–Trinajstić information content (AvgIpc) is 2.84. The Labute approximate surface area is 107 Å². The number of Topliss-reactive ketones (excluding diaryl/α,β-unsaturated/α-hetero) is 2. The van der Waals surface area contributed by atoms with Crippen LogP contribution in [0.4, 0.5) is 0 Å². The largest absolute Gasteiger partial charge is 0.291 e. The number of benzene rings is 1. The van der Waals surface area contributed by atoms with Crippen molar-refractivity contribution in [2.75, 3.05) is 0 Å². The molecule has 0 heterocycles. The Balaban J connectivity index is 2.28. The summed E-state index contributed by atoms with van der Waals surface area (Å²) in [6, 6.07) is 9.64. The van der Waals surface area contributed by atoms with Crippen molar-refractivity contribution in [1.82, 2.24) is 0 Å². The molecule has 0 N–H and O–H groups in total. The molecule has 2 rings (SSSR count). The SMILES string of the molecule is CC(=O)C(=O)C1=C(C#Cc2ccccc2)CCC1. The van der Waals surface area contributed by atoms with Gasteiger partial charge in [0.05, 0.1) is 0 Å². The van der Waals surface area contributed by atoms with E-state index in [1.807, 2.05) is 30.3 Å². The minimum absolute atomic E-state index is 0.370. The van der Waals surface area contributed by atoms with Crippen LogP contribution in [-0.2, 0) is 9.59 Å². The molecule has 90 valence electrons. The van der Waals surface area contributed by atoms with Crippen molar-refractivity contribution in [2.45, 2.75) is 26.2 Å². The molecule has 1 aliphatic rings. The molecular formula is C16H14O2. The Kier molecular flexibility index (Phi) is 3.74. The topological polar surface area (TPSA) is 34.1 Å². The van der Waals surface area contributed by atoms with Gasteiger partial charge in [-0.15, -0.1) is 0 Å². The fraction of sp³-hybridized carbons (Fsp3) is 0.250. The van der Waals surface area contributed by atoms with Gasteiger partial charge < -0.3 is 0 Å². The Morgan fingerprint density at radius 1 is 1.06 bits per heavy atom. The van der Waals surface area contributed by atoms with Crippen LogP contribution in [0.3, 0.4) is 0 Å². The molecule has 0 saturated carbocycles. The summed E-state index contributed by atoms with van der Waals surface area (Å²) in [5.41, 5.74) is 2.37. The second-order valence-electron chi connectivity index (χ2n) is 4.31. The molecule has 0 unspecified atom stereocenters. The lowest BCUT2D eigenvalue weighted by molar-refractivity contribution is -0.133. The zero-order chi connectivity index (χ0) is 13.0. The summed E-state index contributed by atoms with van der Waals surface area (Å²) in [6.07, 6.45) is 2.39. The predicted octanol–water partition coefficient (Wildman–Crippen LogP) is 2.68. The molecular weight excluding hydrogens is 224 g/mol. The molecule has 0 saturated heterocycles. The second-order valence-corrected chi connectivity index (χ2v) is 4.31. The molecule has 2 heteroatoms. The molecule has 18 heavy (non-hydrogen) atoms. The van der Waals surface area contributed by atoms with Crippen LogP contribution >= 0.6 is 0 Å². The van der Waals surface area contributed by atoms with Gasteiger partial charge in [0, 0.05) is 23.6 Å². The van der Waals surface area contributed by atoms with Gasteiger partial charge in [0.15, 0.2) is 5.78 Å². The summed E-state index contributed by atoms with van der Waals surface area (Å²) in [4.78, 5) is 22.8. The van der Waals surface area contributed by atoms with Crippen LogP contribution in [-0.4, -0.2) is 11.6 Å². The first-order valence-electron chi connectivity index (χ1n) is 6.03. The summed E-state index contributed by atoms with van der Waals surface area (Å²) < 4.78 is 0. The summed E-state index contributed by atoms with van der Waals surface area (Å²) in [5.74, 6) is 5.31. The molecule has 0 aliphatic heterocycles. The van der Waals surface area contributed by atoms with Crippen LogP contribution in [0, 0.1) is 11.8 Å². The van der Waals surface area contributed by atoms with E-state index in [4.69, 9.17) is 0 Å². The summed E-state index contributed by atoms with van der Waals surface area (Å²) >= 11 is 0. The predicted molar refractivity (Wildman–Crippen MR) is 69.9 cm³/mol. The molecule has 1 aromatic carbocycles. The van der Waals surface area contributed by atoms with E-state index < -0.39 is 5.78 Å². The lowest BCUT2D eigenvalue weighted by Crippen LogP contribution is -2.12. The number of allylic oxidation sites excluding steroid dienone is 2. The van der Waals surface area contributed by atoms with Crippen LogP contribution in [0.5, 0.6) is 0 Å². The minimum atomic E-state index is -0.397. The minimum Gasteiger partial charge on any atom is -0.291 e. The van der Waals surface area contributed by atoms with E-state index in [9.17, 15) is 9.59 Å². The van der Waals surface area contributed by atoms with Crippen molar-refractivity contribution in [3.63, 3.8) is 0 Å². The Hall–Kier alpha value is -2.14. The van der Waals surface area contributed by atoms with E-state index in [-0.39, 0.29) is 5.78 Å². The molecule has 0 aromatic heterocycles. The third-order valence-electron chi connectivity index (χ3n) is 2.94. The van der Waals surface area contributed by atoms with E-state index in [0.717, 1.165) is 24.0 Å². The quantitative estimate of drug-likeness (QED) is 0.586. The number of hydrogen-bond donors (Lipinski definition) is 0. The van der Waals surface area contributed by atoms with Crippen LogP contribution in [0.25, 0.3) is 0 Å².